The number of hydrogen-bond acceptors (Lipinski definition) is 5. The lowest BCUT2D eigenvalue weighted by Crippen LogP contribution is -2.04. The number of aryl methyl sites for hydroxylation is 1. The number of aromatic nitrogens is 4. The summed E-state index contributed by atoms with van der Waals surface area (Å²) in [7, 11) is 5.31. The van der Waals surface area contributed by atoms with Crippen molar-refractivity contribution in [3.63, 3.8) is 0 Å². The fourth-order valence-corrected chi connectivity index (χ4v) is 2.05. The van der Waals surface area contributed by atoms with Gasteiger partial charge in [-0.2, -0.15) is 5.10 Å². The first-order valence-corrected chi connectivity index (χ1v) is 6.17. The molecule has 0 saturated heterocycles. The highest BCUT2D eigenvalue weighted by Crippen LogP contribution is 2.27. The van der Waals surface area contributed by atoms with Crippen LogP contribution < -0.4 is 5.32 Å². The maximum atomic E-state index is 5.14. The van der Waals surface area contributed by atoms with Gasteiger partial charge >= 0.3 is 0 Å². The zero-order valence-corrected chi connectivity index (χ0v) is 12.0. The third-order valence-corrected chi connectivity index (χ3v) is 3.23. The fourth-order valence-electron chi connectivity index (χ4n) is 1.56. The van der Waals surface area contributed by atoms with Gasteiger partial charge < -0.3 is 10.1 Å². The third kappa shape index (κ3) is 2.51. The monoisotopic (exact) mass is 311 g/mol. The van der Waals surface area contributed by atoms with E-state index in [0.717, 1.165) is 21.5 Å². The molecule has 0 radical (unpaired) electrons. The van der Waals surface area contributed by atoms with Crippen molar-refractivity contribution >= 4 is 21.7 Å². The Labute approximate surface area is 114 Å². The predicted molar refractivity (Wildman–Crippen MR) is 72.2 cm³/mol. The molecule has 0 fully saturated rings. The largest absolute Gasteiger partial charge is 0.378 e. The van der Waals surface area contributed by atoms with E-state index < -0.39 is 0 Å². The van der Waals surface area contributed by atoms with Gasteiger partial charge in [0.05, 0.1) is 28.5 Å². The van der Waals surface area contributed by atoms with Gasteiger partial charge in [0.25, 0.3) is 0 Å². The van der Waals surface area contributed by atoms with Crippen molar-refractivity contribution < 1.29 is 4.74 Å². The van der Waals surface area contributed by atoms with Crippen LogP contribution in [0.1, 0.15) is 5.69 Å². The van der Waals surface area contributed by atoms with E-state index in [-0.39, 0.29) is 0 Å². The molecular weight excluding hydrogens is 298 g/mol. The lowest BCUT2D eigenvalue weighted by molar-refractivity contribution is 0.181. The molecule has 0 bridgehead atoms. The summed E-state index contributed by atoms with van der Waals surface area (Å²) >= 11 is 3.47. The smallest absolute Gasteiger partial charge is 0.165 e. The molecule has 6 nitrogen and oxygen atoms in total. The Bertz CT molecular complexity index is 554. The summed E-state index contributed by atoms with van der Waals surface area (Å²) in [6, 6.07) is 0. The quantitative estimate of drug-likeness (QED) is 0.933. The normalized spacial score (nSPS) is 10.7. The van der Waals surface area contributed by atoms with Gasteiger partial charge in [-0.05, 0) is 15.9 Å². The molecule has 18 heavy (non-hydrogen) atoms. The van der Waals surface area contributed by atoms with Gasteiger partial charge in [0.2, 0.25) is 0 Å². The minimum Gasteiger partial charge on any atom is -0.378 e. The second-order valence-corrected chi connectivity index (χ2v) is 4.54. The Kier molecular flexibility index (Phi) is 3.93. The zero-order chi connectivity index (χ0) is 13.1. The van der Waals surface area contributed by atoms with Crippen LogP contribution in [0, 0.1) is 0 Å². The van der Waals surface area contributed by atoms with Crippen molar-refractivity contribution in [1.29, 1.82) is 0 Å². The molecule has 2 rings (SSSR count). The zero-order valence-electron chi connectivity index (χ0n) is 10.4. The summed E-state index contributed by atoms with van der Waals surface area (Å²) in [6.45, 7) is 0.422. The van der Waals surface area contributed by atoms with E-state index in [2.05, 4.69) is 36.3 Å². The number of ether oxygens (including phenoxy) is 1. The number of halogens is 1. The van der Waals surface area contributed by atoms with E-state index in [0.29, 0.717) is 12.4 Å². The van der Waals surface area contributed by atoms with Crippen molar-refractivity contribution in [3.05, 3.63) is 22.6 Å². The number of hydrogen-bond donors (Lipinski definition) is 1. The van der Waals surface area contributed by atoms with E-state index >= 15 is 0 Å². The van der Waals surface area contributed by atoms with Crippen LogP contribution >= 0.6 is 15.9 Å². The first-order chi connectivity index (χ1) is 8.65. The molecule has 0 aromatic carbocycles. The van der Waals surface area contributed by atoms with Crippen molar-refractivity contribution in [1.82, 2.24) is 19.7 Å². The van der Waals surface area contributed by atoms with Gasteiger partial charge in [-0.3, -0.25) is 4.68 Å². The molecule has 0 amide bonds. The first-order valence-electron chi connectivity index (χ1n) is 5.37. The van der Waals surface area contributed by atoms with Crippen LogP contribution in [-0.4, -0.2) is 33.9 Å². The second-order valence-electron chi connectivity index (χ2n) is 3.74. The summed E-state index contributed by atoms with van der Waals surface area (Å²) in [6.07, 6.45) is 3.61. The van der Waals surface area contributed by atoms with Gasteiger partial charge in [0.15, 0.2) is 5.82 Å². The van der Waals surface area contributed by atoms with Crippen molar-refractivity contribution in [2.45, 2.75) is 6.61 Å². The molecule has 96 valence electrons. The Hall–Kier alpha value is -1.47. The maximum absolute atomic E-state index is 5.14. The minimum atomic E-state index is 0.422. The van der Waals surface area contributed by atoms with E-state index in [4.69, 9.17) is 4.74 Å². The SMILES string of the molecule is CNc1nc(-c2cnn(C)c2)nc(COC)c1Br. The summed E-state index contributed by atoms with van der Waals surface area (Å²) in [5, 5.41) is 7.15. The average Bonchev–Trinajstić information content (AvgIpc) is 2.79. The molecule has 2 heterocycles. The number of nitrogens with zero attached hydrogens (tertiary/aromatic N) is 4. The molecule has 0 saturated carbocycles. The van der Waals surface area contributed by atoms with Crippen LogP contribution in [0.15, 0.2) is 16.9 Å². The molecule has 0 aliphatic carbocycles. The standard InChI is InChI=1S/C11H14BrN5O/c1-13-11-9(12)8(6-18-3)15-10(16-11)7-4-14-17(2)5-7/h4-5H,6H2,1-3H3,(H,13,15,16). The van der Waals surface area contributed by atoms with Gasteiger partial charge in [0, 0.05) is 27.4 Å². The Morgan fingerprint density at radius 2 is 2.22 bits per heavy atom. The molecule has 0 unspecified atom stereocenters. The lowest BCUT2D eigenvalue weighted by atomic mass is 10.3. The van der Waals surface area contributed by atoms with Gasteiger partial charge in [-0.25, -0.2) is 9.97 Å². The number of nitrogens with one attached hydrogen (secondary N) is 1. The fraction of sp³-hybridized carbons (Fsp3) is 0.364. The molecule has 7 heteroatoms. The molecule has 1 N–H and O–H groups in total. The van der Waals surface area contributed by atoms with Crippen molar-refractivity contribution in [2.24, 2.45) is 7.05 Å². The third-order valence-electron chi connectivity index (χ3n) is 2.40. The first kappa shape index (κ1) is 13.0. The van der Waals surface area contributed by atoms with E-state index in [1.54, 1.807) is 18.0 Å². The Morgan fingerprint density at radius 1 is 1.44 bits per heavy atom. The molecule has 0 aliphatic heterocycles. The summed E-state index contributed by atoms with van der Waals surface area (Å²) in [4.78, 5) is 8.92. The average molecular weight is 312 g/mol. The van der Waals surface area contributed by atoms with Crippen LogP contribution in [0.4, 0.5) is 5.82 Å². The lowest BCUT2D eigenvalue weighted by Gasteiger charge is -2.09. The maximum Gasteiger partial charge on any atom is 0.165 e. The topological polar surface area (TPSA) is 64.9 Å². The van der Waals surface area contributed by atoms with Gasteiger partial charge in [-0.1, -0.05) is 0 Å². The minimum absolute atomic E-state index is 0.422. The van der Waals surface area contributed by atoms with E-state index in [9.17, 15) is 0 Å². The summed E-state index contributed by atoms with van der Waals surface area (Å²) in [5.74, 6) is 1.36. The van der Waals surface area contributed by atoms with Crippen molar-refractivity contribution in [2.75, 3.05) is 19.5 Å². The van der Waals surface area contributed by atoms with Crippen LogP contribution in [0.2, 0.25) is 0 Å². The highest BCUT2D eigenvalue weighted by Gasteiger charge is 2.13. The highest BCUT2D eigenvalue weighted by molar-refractivity contribution is 9.10. The molecule has 0 atom stereocenters. The Morgan fingerprint density at radius 3 is 2.78 bits per heavy atom. The van der Waals surface area contributed by atoms with Crippen molar-refractivity contribution in [3.8, 4) is 11.4 Å². The summed E-state index contributed by atoms with van der Waals surface area (Å²) in [5.41, 5.74) is 1.68. The van der Waals surface area contributed by atoms with Crippen LogP contribution in [-0.2, 0) is 18.4 Å². The highest BCUT2D eigenvalue weighted by atomic mass is 79.9. The number of anilines is 1. The second kappa shape index (κ2) is 5.45. The predicted octanol–water partition coefficient (Wildman–Crippen LogP) is 1.83. The number of methoxy groups -OCH3 is 1. The molecule has 2 aromatic rings. The molecule has 0 spiro atoms. The Balaban J connectivity index is 2.51. The summed E-state index contributed by atoms with van der Waals surface area (Å²) < 4.78 is 7.67. The molecule has 2 aromatic heterocycles. The molecular formula is C11H14BrN5O. The van der Waals surface area contributed by atoms with Gasteiger partial charge in [-0.15, -0.1) is 0 Å². The molecule has 0 aliphatic rings. The van der Waals surface area contributed by atoms with E-state index in [1.807, 2.05) is 20.3 Å². The van der Waals surface area contributed by atoms with Crippen LogP contribution in [0.5, 0.6) is 0 Å². The van der Waals surface area contributed by atoms with Crippen LogP contribution in [0.25, 0.3) is 11.4 Å². The van der Waals surface area contributed by atoms with Gasteiger partial charge in [0.1, 0.15) is 5.82 Å². The number of rotatable bonds is 4. The van der Waals surface area contributed by atoms with Crippen LogP contribution in [0.3, 0.4) is 0 Å². The van der Waals surface area contributed by atoms with E-state index in [1.165, 1.54) is 0 Å².